The highest BCUT2D eigenvalue weighted by atomic mass is 32.2. The molecule has 4 N–H and O–H groups in total. The number of carbonyl (C=O) groups excluding carboxylic acids is 2. The molecule has 0 heterocycles. The number of carboxylic acid groups (broad SMARTS) is 1. The second-order valence-corrected chi connectivity index (χ2v) is 8.79. The highest BCUT2D eigenvalue weighted by Crippen LogP contribution is 2.44. The van der Waals surface area contributed by atoms with Gasteiger partial charge in [0, 0.05) is 12.5 Å². The molecule has 1 aliphatic rings. The third-order valence-corrected chi connectivity index (χ3v) is 6.13. The zero-order valence-electron chi connectivity index (χ0n) is 18.3. The van der Waals surface area contributed by atoms with Gasteiger partial charge in [0.05, 0.1) is 12.5 Å². The summed E-state index contributed by atoms with van der Waals surface area (Å²) in [6.07, 6.45) is -0.0529. The van der Waals surface area contributed by atoms with E-state index in [4.69, 9.17) is 4.74 Å². The Balaban J connectivity index is 1.45. The molecule has 0 fully saturated rings. The molecule has 0 saturated carbocycles. The fourth-order valence-corrected chi connectivity index (χ4v) is 4.35. The lowest BCUT2D eigenvalue weighted by Gasteiger charge is -2.17. The van der Waals surface area contributed by atoms with E-state index in [-0.39, 0.29) is 31.9 Å². The van der Waals surface area contributed by atoms with Crippen LogP contribution in [0.3, 0.4) is 0 Å². The highest BCUT2D eigenvalue weighted by Gasteiger charge is 2.29. The van der Waals surface area contributed by atoms with Gasteiger partial charge in [-0.3, -0.25) is 4.79 Å². The molecule has 0 spiro atoms. The number of rotatable bonds is 11. The first-order chi connectivity index (χ1) is 15.9. The van der Waals surface area contributed by atoms with E-state index in [0.717, 1.165) is 22.3 Å². The molecule has 2 aromatic carbocycles. The normalized spacial score (nSPS) is 14.0. The number of aliphatic hydroxyl groups is 1. The van der Waals surface area contributed by atoms with Crippen molar-refractivity contribution in [2.45, 2.75) is 30.9 Å². The Morgan fingerprint density at radius 3 is 2.24 bits per heavy atom. The Bertz CT molecular complexity index is 953. The zero-order chi connectivity index (χ0) is 23.8. The zero-order valence-corrected chi connectivity index (χ0v) is 19.1. The van der Waals surface area contributed by atoms with Gasteiger partial charge in [-0.25, -0.2) is 9.59 Å². The highest BCUT2D eigenvalue weighted by molar-refractivity contribution is 7.98. The van der Waals surface area contributed by atoms with E-state index in [0.29, 0.717) is 5.75 Å². The summed E-state index contributed by atoms with van der Waals surface area (Å²) in [6.45, 7) is -0.0428. The third-order valence-electron chi connectivity index (χ3n) is 5.49. The molecule has 2 atom stereocenters. The number of aliphatic hydroxyl groups excluding tert-OH is 1. The average molecular weight is 473 g/mol. The Morgan fingerprint density at radius 2 is 1.67 bits per heavy atom. The molecule has 3 rings (SSSR count). The quantitative estimate of drug-likeness (QED) is 0.396. The number of aliphatic carboxylic acids is 1. The second-order valence-electron chi connectivity index (χ2n) is 7.80. The Morgan fingerprint density at radius 1 is 1.06 bits per heavy atom. The lowest BCUT2D eigenvalue weighted by molar-refractivity contribution is -0.142. The van der Waals surface area contributed by atoms with Crippen LogP contribution in [0, 0.1) is 0 Å². The van der Waals surface area contributed by atoms with Crippen LogP contribution in [0.15, 0.2) is 48.5 Å². The van der Waals surface area contributed by atoms with Crippen LogP contribution in [-0.2, 0) is 14.3 Å². The average Bonchev–Trinajstić information content (AvgIpc) is 3.12. The van der Waals surface area contributed by atoms with Crippen LogP contribution in [-0.4, -0.2) is 65.5 Å². The van der Waals surface area contributed by atoms with E-state index in [2.05, 4.69) is 10.6 Å². The number of carboxylic acids is 1. The van der Waals surface area contributed by atoms with Crippen molar-refractivity contribution in [3.05, 3.63) is 59.7 Å². The van der Waals surface area contributed by atoms with Gasteiger partial charge in [-0.1, -0.05) is 48.5 Å². The SMILES string of the molecule is CSCC[C@@H](NC(=O)CC(O)CNC(=O)OCC1c2ccccc2-c2ccccc21)C(=O)O. The number of fused-ring (bicyclic) bond motifs is 3. The minimum atomic E-state index is -1.17. The molecule has 0 bridgehead atoms. The maximum atomic E-state index is 12.2. The number of hydrogen-bond donors (Lipinski definition) is 4. The predicted molar refractivity (Wildman–Crippen MR) is 126 cm³/mol. The van der Waals surface area contributed by atoms with E-state index in [1.54, 1.807) is 0 Å². The van der Waals surface area contributed by atoms with Gasteiger partial charge < -0.3 is 25.6 Å². The molecule has 1 unspecified atom stereocenters. The summed E-state index contributed by atoms with van der Waals surface area (Å²) in [5, 5.41) is 24.1. The predicted octanol–water partition coefficient (Wildman–Crippen LogP) is 2.60. The minimum Gasteiger partial charge on any atom is -0.480 e. The Kier molecular flexibility index (Phi) is 8.73. The van der Waals surface area contributed by atoms with Crippen LogP contribution in [0.2, 0.25) is 0 Å². The van der Waals surface area contributed by atoms with Gasteiger partial charge in [-0.15, -0.1) is 0 Å². The van der Waals surface area contributed by atoms with Crippen molar-refractivity contribution in [3.8, 4) is 11.1 Å². The maximum Gasteiger partial charge on any atom is 0.407 e. The van der Waals surface area contributed by atoms with Crippen molar-refractivity contribution in [2.24, 2.45) is 0 Å². The van der Waals surface area contributed by atoms with Crippen LogP contribution in [0.4, 0.5) is 4.79 Å². The van der Waals surface area contributed by atoms with Crippen molar-refractivity contribution in [2.75, 3.05) is 25.2 Å². The number of benzene rings is 2. The maximum absolute atomic E-state index is 12.2. The first kappa shape index (κ1) is 24.6. The molecular formula is C24H28N2O6S. The van der Waals surface area contributed by atoms with Crippen molar-refractivity contribution in [3.63, 3.8) is 0 Å². The van der Waals surface area contributed by atoms with Gasteiger partial charge in [0.1, 0.15) is 12.6 Å². The number of alkyl carbamates (subject to hydrolysis) is 1. The van der Waals surface area contributed by atoms with E-state index in [1.807, 2.05) is 54.8 Å². The third kappa shape index (κ3) is 6.49. The molecule has 0 aliphatic heterocycles. The minimum absolute atomic E-state index is 0.0758. The van der Waals surface area contributed by atoms with E-state index < -0.39 is 30.1 Å². The van der Waals surface area contributed by atoms with Gasteiger partial charge in [0.2, 0.25) is 5.91 Å². The smallest absolute Gasteiger partial charge is 0.407 e. The summed E-state index contributed by atoms with van der Waals surface area (Å²) in [5.74, 6) is -1.20. The summed E-state index contributed by atoms with van der Waals surface area (Å²) >= 11 is 1.48. The molecular weight excluding hydrogens is 444 g/mol. The number of thioether (sulfide) groups is 1. The molecule has 9 heteroatoms. The first-order valence-electron chi connectivity index (χ1n) is 10.7. The van der Waals surface area contributed by atoms with E-state index in [9.17, 15) is 24.6 Å². The molecule has 0 saturated heterocycles. The molecule has 33 heavy (non-hydrogen) atoms. The van der Waals surface area contributed by atoms with Gasteiger partial charge in [0.15, 0.2) is 0 Å². The number of amides is 2. The summed E-state index contributed by atoms with van der Waals surface area (Å²) in [5.41, 5.74) is 4.44. The van der Waals surface area contributed by atoms with Crippen LogP contribution in [0.25, 0.3) is 11.1 Å². The van der Waals surface area contributed by atoms with Crippen LogP contribution in [0.5, 0.6) is 0 Å². The summed E-state index contributed by atoms with van der Waals surface area (Å²) in [6, 6.07) is 15.0. The summed E-state index contributed by atoms with van der Waals surface area (Å²) in [7, 11) is 0. The summed E-state index contributed by atoms with van der Waals surface area (Å²) in [4.78, 5) is 35.4. The van der Waals surface area contributed by atoms with E-state index in [1.165, 1.54) is 11.8 Å². The van der Waals surface area contributed by atoms with Crippen LogP contribution >= 0.6 is 11.8 Å². The molecule has 8 nitrogen and oxygen atoms in total. The fourth-order valence-electron chi connectivity index (χ4n) is 3.88. The van der Waals surface area contributed by atoms with Gasteiger partial charge in [0.25, 0.3) is 0 Å². The standard InChI is InChI=1S/C24H28N2O6S/c1-33-11-10-21(23(29)30)26-22(28)12-15(27)13-25-24(31)32-14-20-18-8-4-2-6-16(18)17-7-3-5-9-19(17)20/h2-9,15,20-21,27H,10-14H2,1H3,(H,25,31)(H,26,28)(H,29,30)/t15?,21-/m1/s1. The second kappa shape index (κ2) is 11.7. The monoisotopic (exact) mass is 472 g/mol. The number of nitrogens with one attached hydrogen (secondary N) is 2. The van der Waals surface area contributed by atoms with Crippen molar-refractivity contribution >= 4 is 29.7 Å². The number of carbonyl (C=O) groups is 3. The lowest BCUT2D eigenvalue weighted by atomic mass is 9.98. The summed E-state index contributed by atoms with van der Waals surface area (Å²) < 4.78 is 5.39. The lowest BCUT2D eigenvalue weighted by Crippen LogP contribution is -2.43. The van der Waals surface area contributed by atoms with Gasteiger partial charge in [-0.05, 0) is 40.7 Å². The Labute approximate surface area is 196 Å². The van der Waals surface area contributed by atoms with Crippen LogP contribution < -0.4 is 10.6 Å². The molecule has 2 aromatic rings. The van der Waals surface area contributed by atoms with Crippen molar-refractivity contribution in [1.82, 2.24) is 10.6 Å². The van der Waals surface area contributed by atoms with Gasteiger partial charge in [-0.2, -0.15) is 11.8 Å². The fraction of sp³-hybridized carbons (Fsp3) is 0.375. The molecule has 0 aromatic heterocycles. The number of hydrogen-bond acceptors (Lipinski definition) is 6. The largest absolute Gasteiger partial charge is 0.480 e. The van der Waals surface area contributed by atoms with Crippen molar-refractivity contribution in [1.29, 1.82) is 0 Å². The number of ether oxygens (including phenoxy) is 1. The Hall–Kier alpha value is -3.04. The molecule has 0 radical (unpaired) electrons. The molecule has 1 aliphatic carbocycles. The van der Waals surface area contributed by atoms with Crippen molar-refractivity contribution < 1.29 is 29.3 Å². The molecule has 2 amide bonds. The van der Waals surface area contributed by atoms with E-state index >= 15 is 0 Å². The van der Waals surface area contributed by atoms with Gasteiger partial charge >= 0.3 is 12.1 Å². The molecule has 176 valence electrons. The topological polar surface area (TPSA) is 125 Å². The van der Waals surface area contributed by atoms with Crippen LogP contribution in [0.1, 0.15) is 29.9 Å². The first-order valence-corrected chi connectivity index (χ1v) is 12.1.